The fourth-order valence-electron chi connectivity index (χ4n) is 3.67. The summed E-state index contributed by atoms with van der Waals surface area (Å²) in [4.78, 5) is 1.67. The largest absolute Gasteiger partial charge is 0.490 e. The summed E-state index contributed by atoms with van der Waals surface area (Å²) in [7, 11) is 0. The Hall–Kier alpha value is -1.88. The van der Waals surface area contributed by atoms with Gasteiger partial charge in [-0.25, -0.2) is 0 Å². The van der Waals surface area contributed by atoms with Crippen molar-refractivity contribution < 1.29 is 20.1 Å². The van der Waals surface area contributed by atoms with Crippen LogP contribution in [0, 0.1) is 6.92 Å². The first kappa shape index (κ1) is 18.9. The van der Waals surface area contributed by atoms with Crippen molar-refractivity contribution in [1.82, 2.24) is 0 Å². The number of aliphatic hydroxyl groups is 1. The zero-order valence-electron chi connectivity index (χ0n) is 15.7. The average molecular weight is 357 g/mol. The molecule has 1 atom stereocenters. The number of quaternary nitrogens is 2. The Kier molecular flexibility index (Phi) is 7.06. The van der Waals surface area contributed by atoms with Gasteiger partial charge in [0.05, 0.1) is 19.1 Å². The smallest absolute Gasteiger partial charge is 0.137 e. The highest BCUT2D eigenvalue weighted by atomic mass is 16.5. The summed E-state index contributed by atoms with van der Waals surface area (Å²) >= 11 is 0. The molecule has 0 unspecified atom stereocenters. The third-order valence-corrected chi connectivity index (χ3v) is 5.30. The summed E-state index contributed by atoms with van der Waals surface area (Å²) in [6.07, 6.45) is 2.01. The molecule has 4 nitrogen and oxygen atoms in total. The third kappa shape index (κ3) is 5.84. The molecule has 0 aromatic heterocycles. The SMILES string of the molecule is Cc1ccccc1OC[C@H](O)C[NH2+]C1CC[NH+](Cc2ccccc2)CC1. The Balaban J connectivity index is 1.32. The molecule has 0 aliphatic carbocycles. The number of ether oxygens (including phenoxy) is 1. The van der Waals surface area contributed by atoms with E-state index >= 15 is 0 Å². The van der Waals surface area contributed by atoms with Gasteiger partial charge in [-0.15, -0.1) is 0 Å². The van der Waals surface area contributed by atoms with Crippen LogP contribution in [0.1, 0.15) is 24.0 Å². The monoisotopic (exact) mass is 356 g/mol. The van der Waals surface area contributed by atoms with Crippen LogP contribution in [0.15, 0.2) is 54.6 Å². The number of para-hydroxylation sites is 1. The molecule has 1 saturated heterocycles. The van der Waals surface area contributed by atoms with Crippen LogP contribution in [0.4, 0.5) is 0 Å². The summed E-state index contributed by atoms with van der Waals surface area (Å²) in [5.74, 6) is 0.865. The van der Waals surface area contributed by atoms with Crippen molar-refractivity contribution in [3.63, 3.8) is 0 Å². The number of rotatable bonds is 8. The molecule has 0 amide bonds. The summed E-state index contributed by atoms with van der Waals surface area (Å²) in [6.45, 7) is 6.65. The minimum atomic E-state index is -0.427. The topological polar surface area (TPSA) is 50.5 Å². The minimum absolute atomic E-state index is 0.361. The van der Waals surface area contributed by atoms with Crippen LogP contribution in [0.5, 0.6) is 5.75 Å². The maximum atomic E-state index is 10.2. The van der Waals surface area contributed by atoms with E-state index in [1.807, 2.05) is 31.2 Å². The fraction of sp³-hybridized carbons (Fsp3) is 0.455. The predicted octanol–water partition coefficient (Wildman–Crippen LogP) is 0.546. The maximum Gasteiger partial charge on any atom is 0.137 e. The Labute approximate surface area is 156 Å². The summed E-state index contributed by atoms with van der Waals surface area (Å²) in [5, 5.41) is 12.5. The highest BCUT2D eigenvalue weighted by molar-refractivity contribution is 5.31. The minimum Gasteiger partial charge on any atom is -0.490 e. The van der Waals surface area contributed by atoms with Gasteiger partial charge in [-0.3, -0.25) is 0 Å². The van der Waals surface area contributed by atoms with Crippen LogP contribution >= 0.6 is 0 Å². The van der Waals surface area contributed by atoms with E-state index < -0.39 is 6.10 Å². The highest BCUT2D eigenvalue weighted by Crippen LogP contribution is 2.16. The molecule has 4 N–H and O–H groups in total. The number of nitrogens with two attached hydrogens (primary N) is 1. The van der Waals surface area contributed by atoms with Gasteiger partial charge >= 0.3 is 0 Å². The Morgan fingerprint density at radius 3 is 2.50 bits per heavy atom. The van der Waals surface area contributed by atoms with Gasteiger partial charge in [0.25, 0.3) is 0 Å². The molecule has 2 aromatic carbocycles. The second-order valence-corrected chi connectivity index (χ2v) is 7.45. The third-order valence-electron chi connectivity index (χ3n) is 5.30. The van der Waals surface area contributed by atoms with E-state index in [4.69, 9.17) is 4.74 Å². The lowest BCUT2D eigenvalue weighted by Gasteiger charge is -2.28. The van der Waals surface area contributed by atoms with Crippen molar-refractivity contribution >= 4 is 0 Å². The maximum absolute atomic E-state index is 10.2. The molecule has 0 spiro atoms. The predicted molar refractivity (Wildman–Crippen MR) is 103 cm³/mol. The number of hydrogen-bond donors (Lipinski definition) is 3. The summed E-state index contributed by atoms with van der Waals surface area (Å²) < 4.78 is 5.75. The zero-order chi connectivity index (χ0) is 18.2. The molecule has 1 aliphatic heterocycles. The number of hydrogen-bond acceptors (Lipinski definition) is 2. The molecule has 2 aromatic rings. The summed E-state index contributed by atoms with van der Waals surface area (Å²) in [6, 6.07) is 19.3. The van der Waals surface area contributed by atoms with Gasteiger partial charge in [0, 0.05) is 18.4 Å². The molecule has 1 fully saturated rings. The van der Waals surface area contributed by atoms with E-state index in [-0.39, 0.29) is 0 Å². The van der Waals surface area contributed by atoms with Crippen molar-refractivity contribution in [3.8, 4) is 5.75 Å². The van der Waals surface area contributed by atoms with Gasteiger partial charge in [0.15, 0.2) is 0 Å². The van der Waals surface area contributed by atoms with Crippen LogP contribution in [-0.4, -0.2) is 43.5 Å². The molecular weight excluding hydrogens is 324 g/mol. The van der Waals surface area contributed by atoms with Crippen LogP contribution in [0.3, 0.4) is 0 Å². The molecular formula is C22H32N2O2+2. The lowest BCUT2D eigenvalue weighted by molar-refractivity contribution is -0.926. The van der Waals surface area contributed by atoms with Gasteiger partial charge in [-0.05, 0) is 18.6 Å². The van der Waals surface area contributed by atoms with Crippen molar-refractivity contribution in [3.05, 3.63) is 65.7 Å². The number of nitrogens with one attached hydrogen (secondary N) is 1. The number of benzene rings is 2. The number of piperidine rings is 1. The van der Waals surface area contributed by atoms with Gasteiger partial charge in [-0.1, -0.05) is 48.5 Å². The molecule has 0 saturated carbocycles. The number of aryl methyl sites for hydroxylation is 1. The second-order valence-electron chi connectivity index (χ2n) is 7.45. The van der Waals surface area contributed by atoms with Crippen molar-refractivity contribution in [2.24, 2.45) is 0 Å². The number of likely N-dealkylation sites (tertiary alicyclic amines) is 1. The first-order valence-electron chi connectivity index (χ1n) is 9.78. The van der Waals surface area contributed by atoms with Gasteiger partial charge in [0.2, 0.25) is 0 Å². The van der Waals surface area contributed by atoms with E-state index in [0.29, 0.717) is 19.2 Å². The fourth-order valence-corrected chi connectivity index (χ4v) is 3.67. The molecule has 1 heterocycles. The van der Waals surface area contributed by atoms with E-state index in [0.717, 1.165) is 17.9 Å². The molecule has 140 valence electrons. The molecule has 26 heavy (non-hydrogen) atoms. The van der Waals surface area contributed by atoms with Crippen molar-refractivity contribution in [2.75, 3.05) is 26.2 Å². The molecule has 4 heteroatoms. The lowest BCUT2D eigenvalue weighted by Crippen LogP contribution is -3.13. The van der Waals surface area contributed by atoms with Crippen molar-refractivity contribution in [1.29, 1.82) is 0 Å². The Bertz CT molecular complexity index is 654. The first-order chi connectivity index (χ1) is 12.7. The van der Waals surface area contributed by atoms with Crippen LogP contribution in [0.25, 0.3) is 0 Å². The van der Waals surface area contributed by atoms with E-state index in [1.54, 1.807) is 4.90 Å². The van der Waals surface area contributed by atoms with Gasteiger partial charge < -0.3 is 20.1 Å². The Morgan fingerprint density at radius 1 is 1.08 bits per heavy atom. The summed E-state index contributed by atoms with van der Waals surface area (Å²) in [5.41, 5.74) is 2.53. The zero-order valence-corrected chi connectivity index (χ0v) is 15.7. The van der Waals surface area contributed by atoms with Crippen molar-refractivity contribution in [2.45, 2.75) is 38.5 Å². The highest BCUT2D eigenvalue weighted by Gasteiger charge is 2.25. The van der Waals surface area contributed by atoms with E-state index in [1.165, 1.54) is 31.5 Å². The van der Waals surface area contributed by atoms with Gasteiger partial charge in [0.1, 0.15) is 31.5 Å². The average Bonchev–Trinajstić information content (AvgIpc) is 2.68. The van der Waals surface area contributed by atoms with Gasteiger partial charge in [-0.2, -0.15) is 0 Å². The Morgan fingerprint density at radius 2 is 1.77 bits per heavy atom. The molecule has 1 aliphatic rings. The van der Waals surface area contributed by atoms with Crippen LogP contribution in [-0.2, 0) is 6.54 Å². The second kappa shape index (κ2) is 9.72. The quantitative estimate of drug-likeness (QED) is 0.647. The molecule has 3 rings (SSSR count). The molecule has 0 radical (unpaired) electrons. The lowest BCUT2D eigenvalue weighted by atomic mass is 10.0. The van der Waals surface area contributed by atoms with E-state index in [9.17, 15) is 5.11 Å². The van der Waals surface area contributed by atoms with Crippen LogP contribution in [0.2, 0.25) is 0 Å². The normalized spacial score (nSPS) is 21.3. The number of aliphatic hydroxyl groups excluding tert-OH is 1. The van der Waals surface area contributed by atoms with Crippen LogP contribution < -0.4 is 15.0 Å². The van der Waals surface area contributed by atoms with E-state index in [2.05, 4.69) is 35.6 Å². The first-order valence-corrected chi connectivity index (χ1v) is 9.78. The molecule has 0 bridgehead atoms. The standard InChI is InChI=1S/C22H30N2O2/c1-18-7-5-6-10-22(18)26-17-21(25)15-23-20-11-13-24(14-12-20)16-19-8-3-2-4-9-19/h2-10,20-21,23,25H,11-17H2,1H3/p+2/t21-/m1/s1.